The Balaban J connectivity index is 1.84. The van der Waals surface area contributed by atoms with E-state index >= 15 is 0 Å². The summed E-state index contributed by atoms with van der Waals surface area (Å²) in [5.41, 5.74) is 1.21. The van der Waals surface area contributed by atoms with E-state index in [0.29, 0.717) is 27.2 Å². The lowest BCUT2D eigenvalue weighted by atomic mass is 10.0. The first kappa shape index (κ1) is 18.6. The number of anilines is 1. The molecule has 0 bridgehead atoms. The average Bonchev–Trinajstić information content (AvgIpc) is 2.71. The lowest BCUT2D eigenvalue weighted by Gasteiger charge is -2.12. The van der Waals surface area contributed by atoms with Gasteiger partial charge in [0.15, 0.2) is 0 Å². The molecule has 0 atom stereocenters. The fourth-order valence-electron chi connectivity index (χ4n) is 2.99. The third kappa shape index (κ3) is 3.68. The van der Waals surface area contributed by atoms with Crippen LogP contribution in [0.25, 0.3) is 22.2 Å². The molecule has 0 aliphatic heterocycles. The van der Waals surface area contributed by atoms with Crippen molar-refractivity contribution in [3.05, 3.63) is 92.1 Å². The van der Waals surface area contributed by atoms with Crippen molar-refractivity contribution in [3.8, 4) is 11.3 Å². The van der Waals surface area contributed by atoms with E-state index in [9.17, 15) is 14.4 Å². The van der Waals surface area contributed by atoms with Crippen LogP contribution in [0.2, 0.25) is 5.02 Å². The van der Waals surface area contributed by atoms with Crippen molar-refractivity contribution in [2.24, 2.45) is 7.05 Å². The zero-order chi connectivity index (χ0) is 20.5. The Morgan fingerprint density at radius 3 is 2.55 bits per heavy atom. The highest BCUT2D eigenvalue weighted by molar-refractivity contribution is 6.30. The fourth-order valence-corrected chi connectivity index (χ4v) is 3.12. The second-order valence-electron chi connectivity index (χ2n) is 6.42. The summed E-state index contributed by atoms with van der Waals surface area (Å²) < 4.78 is 1.16. The molecule has 0 spiro atoms. The molecule has 0 aliphatic rings. The molecule has 2 N–H and O–H groups in total. The molecule has 0 fully saturated rings. The van der Waals surface area contributed by atoms with Gasteiger partial charge in [-0.3, -0.25) is 19.1 Å². The van der Waals surface area contributed by atoms with Crippen LogP contribution in [0, 0.1) is 0 Å². The third-order valence-corrected chi connectivity index (χ3v) is 4.76. The van der Waals surface area contributed by atoms with Crippen LogP contribution in [0.1, 0.15) is 10.4 Å². The molecule has 1 amide bonds. The Labute approximate surface area is 169 Å². The van der Waals surface area contributed by atoms with Gasteiger partial charge in [0, 0.05) is 29.1 Å². The maximum Gasteiger partial charge on any atom is 0.329 e. The molecular formula is C21H15ClN4O3. The third-order valence-electron chi connectivity index (χ3n) is 4.51. The largest absolute Gasteiger partial charge is 0.329 e. The van der Waals surface area contributed by atoms with E-state index in [1.165, 1.54) is 7.05 Å². The summed E-state index contributed by atoms with van der Waals surface area (Å²) in [7, 11) is 1.46. The monoisotopic (exact) mass is 406 g/mol. The van der Waals surface area contributed by atoms with Gasteiger partial charge in [-0.25, -0.2) is 9.78 Å². The van der Waals surface area contributed by atoms with E-state index in [1.807, 2.05) is 30.3 Å². The Hall–Kier alpha value is -3.71. The van der Waals surface area contributed by atoms with Gasteiger partial charge in [-0.05, 0) is 24.3 Å². The number of halogens is 1. The topological polar surface area (TPSA) is 96.8 Å². The molecule has 0 radical (unpaired) electrons. The molecule has 144 valence electrons. The number of aromatic nitrogens is 3. The van der Waals surface area contributed by atoms with E-state index in [0.717, 1.165) is 16.2 Å². The average molecular weight is 407 g/mol. The first-order valence-electron chi connectivity index (χ1n) is 8.70. The first-order chi connectivity index (χ1) is 13.9. The van der Waals surface area contributed by atoms with E-state index in [1.54, 1.807) is 24.3 Å². The first-order valence-corrected chi connectivity index (χ1v) is 9.07. The van der Waals surface area contributed by atoms with Crippen molar-refractivity contribution >= 4 is 34.2 Å². The molecule has 0 saturated heterocycles. The number of nitrogens with zero attached hydrogens (tertiary/aromatic N) is 2. The Kier molecular flexibility index (Phi) is 4.74. The maximum absolute atomic E-state index is 13.1. The van der Waals surface area contributed by atoms with Crippen LogP contribution in [-0.4, -0.2) is 20.4 Å². The zero-order valence-electron chi connectivity index (χ0n) is 15.3. The molecule has 2 heterocycles. The molecule has 4 aromatic rings. The number of benzene rings is 2. The SMILES string of the molecule is Cn1c(NC(=O)c2cc(-c3ccc(Cl)cc3)nc3ccccc23)cc(=O)[nH]c1=O. The number of carbonyl (C=O) groups excluding carboxylic acids is 1. The maximum atomic E-state index is 13.1. The van der Waals surface area contributed by atoms with Gasteiger partial charge in [0.25, 0.3) is 11.5 Å². The minimum atomic E-state index is -0.616. The lowest BCUT2D eigenvalue weighted by molar-refractivity contribution is 0.102. The number of aromatic amines is 1. The van der Waals surface area contributed by atoms with Crippen molar-refractivity contribution in [2.75, 3.05) is 5.32 Å². The summed E-state index contributed by atoms with van der Waals surface area (Å²) in [6.45, 7) is 0. The number of carbonyl (C=O) groups is 1. The standard InChI is InChI=1S/C21H15ClN4O3/c1-26-18(11-19(27)25-21(26)29)24-20(28)15-10-17(12-6-8-13(22)9-7-12)23-16-5-3-2-4-14(15)16/h2-11H,1H3,(H,24,28)(H,25,27,29). The summed E-state index contributed by atoms with van der Waals surface area (Å²) in [4.78, 5) is 43.2. The molecule has 0 unspecified atom stereocenters. The van der Waals surface area contributed by atoms with Crippen molar-refractivity contribution in [1.82, 2.24) is 14.5 Å². The van der Waals surface area contributed by atoms with Gasteiger partial charge >= 0.3 is 5.69 Å². The van der Waals surface area contributed by atoms with Crippen LogP contribution in [0.15, 0.2) is 70.3 Å². The van der Waals surface area contributed by atoms with Gasteiger partial charge in [-0.15, -0.1) is 0 Å². The van der Waals surface area contributed by atoms with Crippen molar-refractivity contribution in [2.45, 2.75) is 0 Å². The van der Waals surface area contributed by atoms with Crippen LogP contribution in [0.5, 0.6) is 0 Å². The van der Waals surface area contributed by atoms with Gasteiger partial charge in [-0.2, -0.15) is 0 Å². The number of H-pyrrole nitrogens is 1. The molecule has 7 nitrogen and oxygen atoms in total. The predicted molar refractivity (Wildman–Crippen MR) is 112 cm³/mol. The number of hydrogen-bond donors (Lipinski definition) is 2. The Bertz CT molecular complexity index is 1360. The minimum absolute atomic E-state index is 0.0951. The second kappa shape index (κ2) is 7.37. The van der Waals surface area contributed by atoms with Gasteiger partial charge < -0.3 is 5.32 Å². The molecule has 2 aromatic heterocycles. The van der Waals surface area contributed by atoms with E-state index in [2.05, 4.69) is 15.3 Å². The predicted octanol–water partition coefficient (Wildman–Crippen LogP) is 3.19. The van der Waals surface area contributed by atoms with Crippen LogP contribution < -0.4 is 16.6 Å². The number of pyridine rings is 1. The van der Waals surface area contributed by atoms with Gasteiger partial charge in [0.1, 0.15) is 5.82 Å². The minimum Gasteiger partial charge on any atom is -0.308 e. The smallest absolute Gasteiger partial charge is 0.308 e. The number of rotatable bonds is 3. The summed E-state index contributed by atoms with van der Waals surface area (Å²) in [6, 6.07) is 17.2. The fraction of sp³-hybridized carbons (Fsp3) is 0.0476. The summed E-state index contributed by atoms with van der Waals surface area (Å²) >= 11 is 5.97. The molecule has 4 rings (SSSR count). The number of fused-ring (bicyclic) bond motifs is 1. The summed E-state index contributed by atoms with van der Waals surface area (Å²) in [5, 5.41) is 3.89. The van der Waals surface area contributed by atoms with Crippen molar-refractivity contribution < 1.29 is 4.79 Å². The second-order valence-corrected chi connectivity index (χ2v) is 6.85. The summed E-state index contributed by atoms with van der Waals surface area (Å²) in [5.74, 6) is -0.364. The number of para-hydroxylation sites is 1. The van der Waals surface area contributed by atoms with E-state index in [-0.39, 0.29) is 5.82 Å². The molecular weight excluding hydrogens is 392 g/mol. The van der Waals surface area contributed by atoms with Crippen molar-refractivity contribution in [3.63, 3.8) is 0 Å². The highest BCUT2D eigenvalue weighted by atomic mass is 35.5. The Morgan fingerprint density at radius 1 is 1.07 bits per heavy atom. The van der Waals surface area contributed by atoms with Crippen LogP contribution >= 0.6 is 11.6 Å². The van der Waals surface area contributed by atoms with Gasteiger partial charge in [0.05, 0.1) is 16.8 Å². The summed E-state index contributed by atoms with van der Waals surface area (Å²) in [6.07, 6.45) is 0. The molecule has 29 heavy (non-hydrogen) atoms. The molecule has 0 aliphatic carbocycles. The quantitative estimate of drug-likeness (QED) is 0.546. The van der Waals surface area contributed by atoms with Gasteiger partial charge in [-0.1, -0.05) is 41.9 Å². The van der Waals surface area contributed by atoms with Crippen LogP contribution in [0.4, 0.5) is 5.82 Å². The highest BCUT2D eigenvalue weighted by Gasteiger charge is 2.15. The van der Waals surface area contributed by atoms with Crippen LogP contribution in [-0.2, 0) is 7.05 Å². The molecule has 8 heteroatoms. The highest BCUT2D eigenvalue weighted by Crippen LogP contribution is 2.26. The van der Waals surface area contributed by atoms with E-state index < -0.39 is 17.2 Å². The molecule has 2 aromatic carbocycles. The number of nitrogens with one attached hydrogen (secondary N) is 2. The normalized spacial score (nSPS) is 10.8. The van der Waals surface area contributed by atoms with E-state index in [4.69, 9.17) is 11.6 Å². The zero-order valence-corrected chi connectivity index (χ0v) is 16.0. The van der Waals surface area contributed by atoms with Crippen LogP contribution in [0.3, 0.4) is 0 Å². The Morgan fingerprint density at radius 2 is 1.79 bits per heavy atom. The number of amides is 1. The van der Waals surface area contributed by atoms with Crippen molar-refractivity contribution in [1.29, 1.82) is 0 Å². The number of hydrogen-bond acceptors (Lipinski definition) is 4. The lowest BCUT2D eigenvalue weighted by Crippen LogP contribution is -2.31. The van der Waals surface area contributed by atoms with Gasteiger partial charge in [0.2, 0.25) is 0 Å². The molecule has 0 saturated carbocycles.